The van der Waals surface area contributed by atoms with E-state index in [-0.39, 0.29) is 16.5 Å². The van der Waals surface area contributed by atoms with Crippen LogP contribution in [-0.4, -0.2) is 22.6 Å². The largest absolute Gasteiger partial charge is 0.477 e. The molecule has 6 nitrogen and oxygen atoms in total. The summed E-state index contributed by atoms with van der Waals surface area (Å²) in [5.74, 6) is 4.47. The molecule has 86 valence electrons. The molecule has 0 saturated heterocycles. The third-order valence-corrected chi connectivity index (χ3v) is 3.45. The molecule has 2 bridgehead atoms. The fraction of sp³-hybridized carbons (Fsp3) is 0.600. The molecule has 3 aliphatic rings. The highest BCUT2D eigenvalue weighted by molar-refractivity contribution is 5.85. The lowest BCUT2D eigenvalue weighted by Gasteiger charge is -2.67. The van der Waals surface area contributed by atoms with E-state index in [1.807, 2.05) is 0 Å². The summed E-state index contributed by atoms with van der Waals surface area (Å²) in [6.45, 7) is 0.560. The van der Waals surface area contributed by atoms with Crippen LogP contribution in [0.5, 0.6) is 0 Å². The van der Waals surface area contributed by atoms with Crippen LogP contribution < -0.4 is 11.6 Å². The predicted octanol–water partition coefficient (Wildman–Crippen LogP) is -0.259. The van der Waals surface area contributed by atoms with Gasteiger partial charge in [-0.1, -0.05) is 0 Å². The number of carboxylic acids is 1. The molecule has 0 aromatic heterocycles. The molecule has 0 atom stereocenters. The van der Waals surface area contributed by atoms with Crippen LogP contribution in [0.15, 0.2) is 11.9 Å². The van der Waals surface area contributed by atoms with Crippen molar-refractivity contribution in [2.75, 3.05) is 6.54 Å². The Balaban J connectivity index is 1.87. The van der Waals surface area contributed by atoms with E-state index >= 15 is 0 Å². The van der Waals surface area contributed by atoms with Gasteiger partial charge in [-0.25, -0.2) is 10.6 Å². The Hall–Kier alpha value is -1.74. The Kier molecular flexibility index (Phi) is 2.10. The molecule has 3 rings (SSSR count). The number of carboxylic acid groups (broad SMARTS) is 1. The number of nitrogens with zero attached hydrogens (tertiary/aromatic N) is 2. The summed E-state index contributed by atoms with van der Waals surface area (Å²) in [5, 5.41) is 18.7. The third-order valence-electron chi connectivity index (χ3n) is 3.45. The number of nitriles is 1. The van der Waals surface area contributed by atoms with E-state index in [2.05, 4.69) is 6.07 Å². The van der Waals surface area contributed by atoms with Crippen LogP contribution in [0.2, 0.25) is 0 Å². The predicted molar refractivity (Wildman–Crippen MR) is 55.1 cm³/mol. The number of carbonyl (C=O) groups is 1. The van der Waals surface area contributed by atoms with Crippen LogP contribution in [0, 0.1) is 22.2 Å². The quantitative estimate of drug-likeness (QED) is 0.343. The minimum atomic E-state index is -1.18. The molecule has 0 amide bonds. The highest BCUT2D eigenvalue weighted by Crippen LogP contribution is 2.72. The monoisotopic (exact) mass is 222 g/mol. The molecule has 16 heavy (non-hydrogen) atoms. The van der Waals surface area contributed by atoms with Gasteiger partial charge in [-0.05, 0) is 24.7 Å². The van der Waals surface area contributed by atoms with Crippen LogP contribution in [0.25, 0.3) is 0 Å². The van der Waals surface area contributed by atoms with Gasteiger partial charge in [0.15, 0.2) is 0 Å². The fourth-order valence-electron chi connectivity index (χ4n) is 2.95. The van der Waals surface area contributed by atoms with Gasteiger partial charge in [0.05, 0.1) is 11.5 Å². The first kappa shape index (κ1) is 10.8. The second kappa shape index (κ2) is 3.12. The zero-order valence-corrected chi connectivity index (χ0v) is 8.81. The average molecular weight is 222 g/mol. The van der Waals surface area contributed by atoms with E-state index in [0.29, 0.717) is 6.54 Å². The lowest BCUT2D eigenvalue weighted by atomic mass is 9.35. The van der Waals surface area contributed by atoms with E-state index < -0.39 is 5.97 Å². The third kappa shape index (κ3) is 1.49. The summed E-state index contributed by atoms with van der Waals surface area (Å²) in [6.07, 6.45) is 3.82. The number of rotatable bonds is 4. The number of nitrogens with two attached hydrogens (primary N) is 2. The zero-order chi connectivity index (χ0) is 12.0. The molecule has 3 fully saturated rings. The summed E-state index contributed by atoms with van der Waals surface area (Å²) in [5.41, 5.74) is 4.98. The van der Waals surface area contributed by atoms with Gasteiger partial charge in [0.2, 0.25) is 0 Å². The van der Waals surface area contributed by atoms with Gasteiger partial charge >= 0.3 is 5.97 Å². The van der Waals surface area contributed by atoms with E-state index in [1.54, 1.807) is 0 Å². The average Bonchev–Trinajstić information content (AvgIpc) is 2.08. The highest BCUT2D eigenvalue weighted by Gasteiger charge is 2.68. The molecule has 5 N–H and O–H groups in total. The maximum Gasteiger partial charge on any atom is 0.353 e. The van der Waals surface area contributed by atoms with Gasteiger partial charge < -0.3 is 15.8 Å². The van der Waals surface area contributed by atoms with Crippen LogP contribution in [-0.2, 0) is 4.79 Å². The van der Waals surface area contributed by atoms with Crippen molar-refractivity contribution in [1.82, 2.24) is 5.01 Å². The normalized spacial score (nSPS) is 35.6. The molecular formula is C10H14N4O2. The summed E-state index contributed by atoms with van der Waals surface area (Å²) in [7, 11) is 0. The Bertz CT molecular complexity index is 390. The van der Waals surface area contributed by atoms with E-state index in [0.717, 1.165) is 19.3 Å². The lowest BCUT2D eigenvalue weighted by molar-refractivity contribution is -0.171. The maximum absolute atomic E-state index is 10.5. The first-order chi connectivity index (χ1) is 7.40. The number of hydrogen-bond acceptors (Lipinski definition) is 5. The molecule has 0 aromatic rings. The zero-order valence-electron chi connectivity index (χ0n) is 8.81. The van der Waals surface area contributed by atoms with Crippen molar-refractivity contribution in [3.05, 3.63) is 11.9 Å². The van der Waals surface area contributed by atoms with Crippen LogP contribution >= 0.6 is 0 Å². The maximum atomic E-state index is 10.5. The van der Waals surface area contributed by atoms with Crippen molar-refractivity contribution in [3.63, 3.8) is 0 Å². The van der Waals surface area contributed by atoms with Gasteiger partial charge in [-0.3, -0.25) is 0 Å². The molecule has 6 heteroatoms. The van der Waals surface area contributed by atoms with E-state index in [1.165, 1.54) is 11.2 Å². The molecule has 0 heterocycles. The number of hydrazine groups is 1. The minimum Gasteiger partial charge on any atom is -0.477 e. The second-order valence-corrected chi connectivity index (χ2v) is 4.98. The smallest absolute Gasteiger partial charge is 0.353 e. The standard InChI is InChI=1S/C10H14N4O2/c11-5-9-2-10(3-9,4-9)6-14(13)1-7(12)8(15)16/h1H,2-4,6,12-13H2,(H,15,16)/b7-1-. The second-order valence-electron chi connectivity index (χ2n) is 4.98. The van der Waals surface area contributed by atoms with Gasteiger partial charge in [-0.15, -0.1) is 0 Å². The van der Waals surface area contributed by atoms with Crippen molar-refractivity contribution >= 4 is 5.97 Å². The molecule has 0 radical (unpaired) electrons. The van der Waals surface area contributed by atoms with E-state index in [4.69, 9.17) is 21.9 Å². The van der Waals surface area contributed by atoms with Crippen LogP contribution in [0.1, 0.15) is 19.3 Å². The summed E-state index contributed by atoms with van der Waals surface area (Å²) >= 11 is 0. The molecule has 3 aliphatic carbocycles. The van der Waals surface area contributed by atoms with Crippen molar-refractivity contribution in [2.45, 2.75) is 19.3 Å². The van der Waals surface area contributed by atoms with Crippen LogP contribution in [0.3, 0.4) is 0 Å². The van der Waals surface area contributed by atoms with Crippen molar-refractivity contribution < 1.29 is 9.90 Å². The van der Waals surface area contributed by atoms with Gasteiger partial charge in [0.25, 0.3) is 0 Å². The Morgan fingerprint density at radius 1 is 1.56 bits per heavy atom. The van der Waals surface area contributed by atoms with Gasteiger partial charge in [0.1, 0.15) is 5.70 Å². The summed E-state index contributed by atoms with van der Waals surface area (Å²) < 4.78 is 0. The van der Waals surface area contributed by atoms with Crippen molar-refractivity contribution in [1.29, 1.82) is 5.26 Å². The SMILES string of the molecule is N#CC12CC(CN(N)/C=C(\N)C(=O)O)(C1)C2. The topological polar surface area (TPSA) is 116 Å². The Morgan fingerprint density at radius 3 is 2.56 bits per heavy atom. The number of aliphatic carboxylic acids is 1. The fourth-order valence-corrected chi connectivity index (χ4v) is 2.95. The first-order valence-corrected chi connectivity index (χ1v) is 5.04. The van der Waals surface area contributed by atoms with Gasteiger partial charge in [-0.2, -0.15) is 5.26 Å². The molecule has 0 aliphatic heterocycles. The molecule has 0 spiro atoms. The first-order valence-electron chi connectivity index (χ1n) is 5.04. The molecule has 0 unspecified atom stereocenters. The van der Waals surface area contributed by atoms with Crippen LogP contribution in [0.4, 0.5) is 0 Å². The minimum absolute atomic E-state index is 0.108. The molecular weight excluding hydrogens is 208 g/mol. The van der Waals surface area contributed by atoms with Crippen molar-refractivity contribution in [3.8, 4) is 6.07 Å². The lowest BCUT2D eigenvalue weighted by Crippen LogP contribution is -2.65. The highest BCUT2D eigenvalue weighted by atomic mass is 16.4. The summed E-state index contributed by atoms with van der Waals surface area (Å²) in [4.78, 5) is 10.5. The Morgan fingerprint density at radius 2 is 2.12 bits per heavy atom. The van der Waals surface area contributed by atoms with Crippen molar-refractivity contribution in [2.24, 2.45) is 22.4 Å². The van der Waals surface area contributed by atoms with Gasteiger partial charge in [0, 0.05) is 12.7 Å². The molecule has 0 aromatic carbocycles. The van der Waals surface area contributed by atoms with E-state index in [9.17, 15) is 4.79 Å². The molecule has 3 saturated carbocycles. The Labute approximate surface area is 93.1 Å². The number of hydrogen-bond donors (Lipinski definition) is 3. The summed E-state index contributed by atoms with van der Waals surface area (Å²) in [6, 6.07) is 2.31.